The summed E-state index contributed by atoms with van der Waals surface area (Å²) in [5.41, 5.74) is 7.12. The van der Waals surface area contributed by atoms with Gasteiger partial charge in [0.25, 0.3) is 10.0 Å². The van der Waals surface area contributed by atoms with Crippen LogP contribution < -0.4 is 10.0 Å². The molecule has 0 aliphatic carbocycles. The van der Waals surface area contributed by atoms with Crippen molar-refractivity contribution >= 4 is 15.7 Å². The Balaban J connectivity index is 2.39. The maximum absolute atomic E-state index is 12.7. The lowest BCUT2D eigenvalue weighted by atomic mass is 10.2. The standard InChI is InChI=1S/C14H20N4O2S/c1-3-18(13-6-4-5-12(2)9-13)21(19,20)14-10-16-17(11-14)8-7-15/h4-6,9-11H,3,7-8,15H2,1-2H3. The van der Waals surface area contributed by atoms with Gasteiger partial charge in [-0.15, -0.1) is 0 Å². The lowest BCUT2D eigenvalue weighted by Gasteiger charge is -2.22. The summed E-state index contributed by atoms with van der Waals surface area (Å²) in [7, 11) is -3.61. The number of rotatable bonds is 6. The maximum atomic E-state index is 12.7. The van der Waals surface area contributed by atoms with Crippen LogP contribution in [-0.2, 0) is 16.6 Å². The Bertz CT molecular complexity index is 709. The first kappa shape index (κ1) is 15.5. The van der Waals surface area contributed by atoms with E-state index in [1.165, 1.54) is 21.4 Å². The van der Waals surface area contributed by atoms with Crippen molar-refractivity contribution in [2.75, 3.05) is 17.4 Å². The smallest absolute Gasteiger partial charge is 0.267 e. The van der Waals surface area contributed by atoms with E-state index in [0.717, 1.165) is 5.56 Å². The first-order valence-corrected chi connectivity index (χ1v) is 8.25. The van der Waals surface area contributed by atoms with Gasteiger partial charge in [0.15, 0.2) is 0 Å². The Morgan fingerprint density at radius 3 is 2.76 bits per heavy atom. The molecule has 6 nitrogen and oxygen atoms in total. The van der Waals surface area contributed by atoms with Gasteiger partial charge in [-0.2, -0.15) is 5.10 Å². The first-order valence-electron chi connectivity index (χ1n) is 6.81. The fourth-order valence-electron chi connectivity index (χ4n) is 2.13. The lowest BCUT2D eigenvalue weighted by Crippen LogP contribution is -2.30. The average Bonchev–Trinajstić information content (AvgIpc) is 2.89. The molecule has 0 saturated heterocycles. The Hall–Kier alpha value is -1.86. The molecule has 1 aromatic carbocycles. The fraction of sp³-hybridized carbons (Fsp3) is 0.357. The molecule has 0 fully saturated rings. The van der Waals surface area contributed by atoms with Crippen LogP contribution in [0.4, 0.5) is 5.69 Å². The normalized spacial score (nSPS) is 11.6. The van der Waals surface area contributed by atoms with E-state index in [9.17, 15) is 8.42 Å². The van der Waals surface area contributed by atoms with Gasteiger partial charge in [-0.1, -0.05) is 12.1 Å². The summed E-state index contributed by atoms with van der Waals surface area (Å²) in [5.74, 6) is 0. The number of hydrogen-bond donors (Lipinski definition) is 1. The first-order chi connectivity index (χ1) is 9.98. The van der Waals surface area contributed by atoms with Crippen molar-refractivity contribution in [3.05, 3.63) is 42.2 Å². The van der Waals surface area contributed by atoms with E-state index in [-0.39, 0.29) is 4.90 Å². The SMILES string of the molecule is CCN(c1cccc(C)c1)S(=O)(=O)c1cnn(CCN)c1. The summed E-state index contributed by atoms with van der Waals surface area (Å²) < 4.78 is 28.4. The molecule has 0 spiro atoms. The number of aryl methyl sites for hydroxylation is 1. The molecule has 2 aromatic rings. The molecule has 0 amide bonds. The highest BCUT2D eigenvalue weighted by Gasteiger charge is 2.25. The monoisotopic (exact) mass is 308 g/mol. The van der Waals surface area contributed by atoms with E-state index in [1.807, 2.05) is 32.0 Å². The molecule has 7 heteroatoms. The van der Waals surface area contributed by atoms with Crippen molar-refractivity contribution in [3.63, 3.8) is 0 Å². The highest BCUT2D eigenvalue weighted by molar-refractivity contribution is 7.92. The zero-order chi connectivity index (χ0) is 15.5. The largest absolute Gasteiger partial charge is 0.329 e. The van der Waals surface area contributed by atoms with Crippen molar-refractivity contribution in [2.24, 2.45) is 5.73 Å². The van der Waals surface area contributed by atoms with Crippen LogP contribution in [0.3, 0.4) is 0 Å². The minimum atomic E-state index is -3.61. The number of aromatic nitrogens is 2. The second-order valence-electron chi connectivity index (χ2n) is 4.74. The summed E-state index contributed by atoms with van der Waals surface area (Å²) >= 11 is 0. The summed E-state index contributed by atoms with van der Waals surface area (Å²) in [6.45, 7) is 5.00. The predicted molar refractivity (Wildman–Crippen MR) is 82.7 cm³/mol. The van der Waals surface area contributed by atoms with E-state index >= 15 is 0 Å². The van der Waals surface area contributed by atoms with Crippen molar-refractivity contribution in [1.29, 1.82) is 0 Å². The lowest BCUT2D eigenvalue weighted by molar-refractivity contribution is 0.590. The van der Waals surface area contributed by atoms with Crippen LogP contribution in [0.15, 0.2) is 41.6 Å². The number of hydrogen-bond acceptors (Lipinski definition) is 4. The second-order valence-corrected chi connectivity index (χ2v) is 6.60. The highest BCUT2D eigenvalue weighted by Crippen LogP contribution is 2.23. The van der Waals surface area contributed by atoms with E-state index in [0.29, 0.717) is 25.3 Å². The van der Waals surface area contributed by atoms with Crippen LogP contribution in [0.5, 0.6) is 0 Å². The van der Waals surface area contributed by atoms with Crippen molar-refractivity contribution in [1.82, 2.24) is 9.78 Å². The van der Waals surface area contributed by atoms with Crippen LogP contribution in [0.25, 0.3) is 0 Å². The number of nitrogens with two attached hydrogens (primary N) is 1. The van der Waals surface area contributed by atoms with Gasteiger partial charge in [0, 0.05) is 19.3 Å². The predicted octanol–water partition coefficient (Wildman–Crippen LogP) is 1.37. The summed E-state index contributed by atoms with van der Waals surface area (Å²) in [5, 5.41) is 4.03. The number of nitrogens with zero attached hydrogens (tertiary/aromatic N) is 3. The van der Waals surface area contributed by atoms with Gasteiger partial charge in [-0.05, 0) is 31.5 Å². The van der Waals surface area contributed by atoms with Crippen LogP contribution in [0.1, 0.15) is 12.5 Å². The average molecular weight is 308 g/mol. The van der Waals surface area contributed by atoms with Crippen molar-refractivity contribution < 1.29 is 8.42 Å². The van der Waals surface area contributed by atoms with E-state index in [2.05, 4.69) is 5.10 Å². The molecule has 0 radical (unpaired) electrons. The minimum Gasteiger partial charge on any atom is -0.329 e. The van der Waals surface area contributed by atoms with E-state index in [4.69, 9.17) is 5.73 Å². The third-order valence-electron chi connectivity index (χ3n) is 3.13. The Morgan fingerprint density at radius 2 is 2.14 bits per heavy atom. The number of anilines is 1. The molecule has 0 aliphatic heterocycles. The molecule has 0 aliphatic rings. The quantitative estimate of drug-likeness (QED) is 0.874. The zero-order valence-electron chi connectivity index (χ0n) is 12.2. The molecule has 114 valence electrons. The molecule has 0 unspecified atom stereocenters. The summed E-state index contributed by atoms with van der Waals surface area (Å²) in [6.07, 6.45) is 2.88. The van der Waals surface area contributed by atoms with Gasteiger partial charge in [0.2, 0.25) is 0 Å². The zero-order valence-corrected chi connectivity index (χ0v) is 13.0. The van der Waals surface area contributed by atoms with Gasteiger partial charge < -0.3 is 5.73 Å². The fourth-order valence-corrected chi connectivity index (χ4v) is 3.55. The minimum absolute atomic E-state index is 0.180. The Kier molecular flexibility index (Phi) is 4.64. The Morgan fingerprint density at radius 1 is 1.38 bits per heavy atom. The Labute approximate surface area is 125 Å². The van der Waals surface area contributed by atoms with Gasteiger partial charge in [-0.3, -0.25) is 8.99 Å². The van der Waals surface area contributed by atoms with Crippen LogP contribution in [-0.4, -0.2) is 31.3 Å². The molecular formula is C14H20N4O2S. The van der Waals surface area contributed by atoms with Gasteiger partial charge >= 0.3 is 0 Å². The molecule has 0 bridgehead atoms. The number of benzene rings is 1. The third-order valence-corrected chi connectivity index (χ3v) is 4.99. The highest BCUT2D eigenvalue weighted by atomic mass is 32.2. The van der Waals surface area contributed by atoms with Crippen LogP contribution >= 0.6 is 0 Å². The van der Waals surface area contributed by atoms with Crippen LogP contribution in [0.2, 0.25) is 0 Å². The number of sulfonamides is 1. The molecule has 1 heterocycles. The van der Waals surface area contributed by atoms with Crippen molar-refractivity contribution in [2.45, 2.75) is 25.3 Å². The molecular weight excluding hydrogens is 288 g/mol. The van der Waals surface area contributed by atoms with Crippen molar-refractivity contribution in [3.8, 4) is 0 Å². The molecule has 0 atom stereocenters. The molecule has 2 rings (SSSR count). The molecule has 0 saturated carbocycles. The second kappa shape index (κ2) is 6.28. The van der Waals surface area contributed by atoms with Gasteiger partial charge in [-0.25, -0.2) is 8.42 Å². The van der Waals surface area contributed by atoms with Gasteiger partial charge in [0.05, 0.1) is 18.4 Å². The van der Waals surface area contributed by atoms with E-state index < -0.39 is 10.0 Å². The van der Waals surface area contributed by atoms with Crippen LogP contribution in [0, 0.1) is 6.92 Å². The maximum Gasteiger partial charge on any atom is 0.267 e. The molecule has 21 heavy (non-hydrogen) atoms. The molecule has 1 aromatic heterocycles. The van der Waals surface area contributed by atoms with E-state index in [1.54, 1.807) is 6.07 Å². The topological polar surface area (TPSA) is 81.2 Å². The summed E-state index contributed by atoms with van der Waals surface area (Å²) in [4.78, 5) is 0.180. The molecule has 2 N–H and O–H groups in total. The third kappa shape index (κ3) is 3.25. The summed E-state index contributed by atoms with van der Waals surface area (Å²) in [6, 6.07) is 7.42. The van der Waals surface area contributed by atoms with Gasteiger partial charge in [0.1, 0.15) is 4.90 Å².